The third-order valence-corrected chi connectivity index (χ3v) is 5.78. The number of nitrogens with zero attached hydrogens (tertiary/aromatic N) is 1. The number of ether oxygens (including phenoxy) is 2. The first-order valence-electron chi connectivity index (χ1n) is 9.92. The molecular weight excluding hydrogens is 404 g/mol. The smallest absolute Gasteiger partial charge is 0.244 e. The van der Waals surface area contributed by atoms with Gasteiger partial charge in [0.25, 0.3) is 0 Å². The first kappa shape index (κ1) is 23.5. The van der Waals surface area contributed by atoms with E-state index >= 15 is 0 Å². The molecular formula is C22H30N2O5S. The van der Waals surface area contributed by atoms with E-state index in [1.54, 1.807) is 31.2 Å². The van der Waals surface area contributed by atoms with E-state index in [0.717, 1.165) is 21.9 Å². The van der Waals surface area contributed by atoms with Crippen molar-refractivity contribution in [3.8, 4) is 11.5 Å². The van der Waals surface area contributed by atoms with Gasteiger partial charge in [-0.3, -0.25) is 9.10 Å². The molecule has 0 saturated carbocycles. The minimum atomic E-state index is -3.68. The molecule has 0 aliphatic heterocycles. The summed E-state index contributed by atoms with van der Waals surface area (Å²) in [6.45, 7) is 8.29. The van der Waals surface area contributed by atoms with Gasteiger partial charge in [0, 0.05) is 0 Å². The maximum atomic E-state index is 12.9. The van der Waals surface area contributed by atoms with Crippen molar-refractivity contribution in [3.05, 3.63) is 54.1 Å². The zero-order chi connectivity index (χ0) is 22.3. The van der Waals surface area contributed by atoms with Crippen molar-refractivity contribution in [1.29, 1.82) is 0 Å². The van der Waals surface area contributed by atoms with Crippen molar-refractivity contribution in [2.75, 3.05) is 23.8 Å². The van der Waals surface area contributed by atoms with Crippen LogP contribution in [0.25, 0.3) is 0 Å². The molecule has 1 amide bonds. The number of anilines is 1. The molecule has 2 aromatic rings. The van der Waals surface area contributed by atoms with Crippen LogP contribution in [0.2, 0.25) is 0 Å². The van der Waals surface area contributed by atoms with Gasteiger partial charge in [0.1, 0.15) is 17.5 Å². The van der Waals surface area contributed by atoms with Crippen molar-refractivity contribution < 1.29 is 22.7 Å². The van der Waals surface area contributed by atoms with Crippen LogP contribution >= 0.6 is 0 Å². The summed E-state index contributed by atoms with van der Waals surface area (Å²) in [7, 11) is -3.68. The standard InChI is InChI=1S/C22H30N2O5S/c1-6-28-20-12-8-18(9-13-20)16(3)23-22(25)17(4)24(30(5,26)27)19-10-14-21(15-11-19)29-7-2/h8-17H,6-7H2,1-5H3,(H,23,25). The third-order valence-electron chi connectivity index (χ3n) is 4.54. The quantitative estimate of drug-likeness (QED) is 0.618. The van der Waals surface area contributed by atoms with E-state index in [1.165, 1.54) is 0 Å². The maximum Gasteiger partial charge on any atom is 0.244 e. The zero-order valence-corrected chi connectivity index (χ0v) is 18.9. The van der Waals surface area contributed by atoms with Crippen LogP contribution in [0.5, 0.6) is 11.5 Å². The topological polar surface area (TPSA) is 84.9 Å². The van der Waals surface area contributed by atoms with Gasteiger partial charge in [-0.15, -0.1) is 0 Å². The molecule has 0 fully saturated rings. The van der Waals surface area contributed by atoms with E-state index in [9.17, 15) is 13.2 Å². The summed E-state index contributed by atoms with van der Waals surface area (Å²) in [5, 5.41) is 2.89. The van der Waals surface area contributed by atoms with Gasteiger partial charge in [-0.1, -0.05) is 12.1 Å². The fourth-order valence-corrected chi connectivity index (χ4v) is 4.28. The van der Waals surface area contributed by atoms with Gasteiger partial charge >= 0.3 is 0 Å². The van der Waals surface area contributed by atoms with Crippen molar-refractivity contribution in [1.82, 2.24) is 5.32 Å². The van der Waals surface area contributed by atoms with E-state index in [-0.39, 0.29) is 6.04 Å². The Hall–Kier alpha value is -2.74. The Balaban J connectivity index is 2.16. The number of hydrogen-bond donors (Lipinski definition) is 1. The molecule has 30 heavy (non-hydrogen) atoms. The van der Waals surface area contributed by atoms with Crippen LogP contribution in [0.3, 0.4) is 0 Å². The molecule has 164 valence electrons. The molecule has 0 spiro atoms. The predicted octanol–water partition coefficient (Wildman–Crippen LogP) is 3.52. The van der Waals surface area contributed by atoms with Gasteiger partial charge in [0.05, 0.1) is 31.2 Å². The van der Waals surface area contributed by atoms with E-state index < -0.39 is 22.0 Å². The maximum absolute atomic E-state index is 12.9. The molecule has 0 aliphatic rings. The van der Waals surface area contributed by atoms with Crippen molar-refractivity contribution in [2.45, 2.75) is 39.8 Å². The minimum Gasteiger partial charge on any atom is -0.494 e. The second-order valence-corrected chi connectivity index (χ2v) is 8.75. The van der Waals surface area contributed by atoms with Crippen LogP contribution < -0.4 is 19.1 Å². The van der Waals surface area contributed by atoms with Crippen molar-refractivity contribution >= 4 is 21.6 Å². The summed E-state index contributed by atoms with van der Waals surface area (Å²) in [5.41, 5.74) is 1.29. The van der Waals surface area contributed by atoms with E-state index in [0.29, 0.717) is 24.7 Å². The lowest BCUT2D eigenvalue weighted by Gasteiger charge is -2.29. The van der Waals surface area contributed by atoms with Gasteiger partial charge in [-0.25, -0.2) is 8.42 Å². The van der Waals surface area contributed by atoms with Gasteiger partial charge < -0.3 is 14.8 Å². The SMILES string of the molecule is CCOc1ccc(C(C)NC(=O)C(C)N(c2ccc(OCC)cc2)S(C)(=O)=O)cc1. The molecule has 8 heteroatoms. The highest BCUT2D eigenvalue weighted by Gasteiger charge is 2.30. The Kier molecular flexibility index (Phi) is 8.11. The highest BCUT2D eigenvalue weighted by molar-refractivity contribution is 7.92. The predicted molar refractivity (Wildman–Crippen MR) is 119 cm³/mol. The molecule has 2 rings (SSSR count). The van der Waals surface area contributed by atoms with Crippen molar-refractivity contribution in [3.63, 3.8) is 0 Å². The number of benzene rings is 2. The second kappa shape index (κ2) is 10.3. The summed E-state index contributed by atoms with van der Waals surface area (Å²) in [5.74, 6) is 0.999. The van der Waals surface area contributed by atoms with Crippen LogP contribution in [0.4, 0.5) is 5.69 Å². The lowest BCUT2D eigenvalue weighted by Crippen LogP contribution is -2.48. The fourth-order valence-electron chi connectivity index (χ4n) is 3.10. The van der Waals surface area contributed by atoms with Crippen LogP contribution in [0, 0.1) is 0 Å². The minimum absolute atomic E-state index is 0.294. The largest absolute Gasteiger partial charge is 0.494 e. The highest BCUT2D eigenvalue weighted by Crippen LogP contribution is 2.25. The number of sulfonamides is 1. The molecule has 0 saturated heterocycles. The molecule has 1 N–H and O–H groups in total. The van der Waals surface area contributed by atoms with E-state index in [4.69, 9.17) is 9.47 Å². The van der Waals surface area contributed by atoms with Gasteiger partial charge in [0.15, 0.2) is 0 Å². The number of nitrogens with one attached hydrogen (secondary N) is 1. The van der Waals surface area contributed by atoms with Crippen LogP contribution in [0.1, 0.15) is 39.3 Å². The molecule has 0 radical (unpaired) electrons. The molecule has 2 unspecified atom stereocenters. The van der Waals surface area contributed by atoms with Crippen molar-refractivity contribution in [2.24, 2.45) is 0 Å². The summed E-state index contributed by atoms with van der Waals surface area (Å²) in [6.07, 6.45) is 1.09. The molecule has 0 bridgehead atoms. The number of carbonyl (C=O) groups excluding carboxylic acids is 1. The fraction of sp³-hybridized carbons (Fsp3) is 0.409. The number of carbonyl (C=O) groups is 1. The normalized spacial score (nSPS) is 13.2. The van der Waals surface area contributed by atoms with E-state index in [2.05, 4.69) is 5.32 Å². The highest BCUT2D eigenvalue weighted by atomic mass is 32.2. The Morgan fingerprint density at radius 3 is 1.83 bits per heavy atom. The Morgan fingerprint density at radius 2 is 1.40 bits per heavy atom. The monoisotopic (exact) mass is 434 g/mol. The van der Waals surface area contributed by atoms with Crippen LogP contribution in [-0.4, -0.2) is 39.8 Å². The van der Waals surface area contributed by atoms with Gasteiger partial charge in [-0.2, -0.15) is 0 Å². The van der Waals surface area contributed by atoms with E-state index in [1.807, 2.05) is 45.0 Å². The number of amides is 1. The number of rotatable bonds is 10. The Morgan fingerprint density at radius 1 is 0.933 bits per heavy atom. The van der Waals surface area contributed by atoms with Gasteiger partial charge in [0.2, 0.25) is 15.9 Å². The summed E-state index contributed by atoms with van der Waals surface area (Å²) in [6, 6.07) is 12.8. The zero-order valence-electron chi connectivity index (χ0n) is 18.1. The first-order valence-corrected chi connectivity index (χ1v) is 11.8. The molecule has 0 aromatic heterocycles. The Bertz CT molecular complexity index is 927. The third kappa shape index (κ3) is 6.13. The molecule has 0 aliphatic carbocycles. The Labute approximate surface area is 179 Å². The lowest BCUT2D eigenvalue weighted by molar-refractivity contribution is -0.122. The van der Waals surface area contributed by atoms with Gasteiger partial charge in [-0.05, 0) is 69.7 Å². The molecule has 2 atom stereocenters. The first-order chi connectivity index (χ1) is 14.2. The lowest BCUT2D eigenvalue weighted by atomic mass is 10.1. The average molecular weight is 435 g/mol. The number of hydrogen-bond acceptors (Lipinski definition) is 5. The molecule has 7 nitrogen and oxygen atoms in total. The van der Waals surface area contributed by atoms with Crippen LogP contribution in [0.15, 0.2) is 48.5 Å². The second-order valence-electron chi connectivity index (χ2n) is 6.89. The molecule has 0 heterocycles. The summed E-state index contributed by atoms with van der Waals surface area (Å²) < 4.78 is 36.8. The average Bonchev–Trinajstić information content (AvgIpc) is 2.69. The molecule has 2 aromatic carbocycles. The van der Waals surface area contributed by atoms with Crippen LogP contribution in [-0.2, 0) is 14.8 Å². The summed E-state index contributed by atoms with van der Waals surface area (Å²) in [4.78, 5) is 12.9. The summed E-state index contributed by atoms with van der Waals surface area (Å²) >= 11 is 0.